The number of nitrogens with zero attached hydrogens (tertiary/aromatic N) is 2. The monoisotopic (exact) mass is 282 g/mol. The molecule has 2 unspecified atom stereocenters. The van der Waals surface area contributed by atoms with E-state index in [1.807, 2.05) is 0 Å². The molecule has 1 aliphatic rings. The predicted octanol–water partition coefficient (Wildman–Crippen LogP) is 3.33. The maximum absolute atomic E-state index is 11.6. The van der Waals surface area contributed by atoms with E-state index in [0.29, 0.717) is 24.3 Å². The molecule has 0 radical (unpaired) electrons. The standard InChI is InChI=1S/C14H22N2O2S/c1-4-18-13(17)11-9-19-14(15-11)16(3)12-8-6-5-7-10(12)2/h9-10,12H,4-8H2,1-3H3. The lowest BCUT2D eigenvalue weighted by atomic mass is 9.85. The van der Waals surface area contributed by atoms with Gasteiger partial charge in [0, 0.05) is 18.5 Å². The van der Waals surface area contributed by atoms with E-state index in [2.05, 4.69) is 23.9 Å². The van der Waals surface area contributed by atoms with Crippen LogP contribution in [0.4, 0.5) is 5.13 Å². The molecule has 1 saturated carbocycles. The number of hydrogen-bond acceptors (Lipinski definition) is 5. The van der Waals surface area contributed by atoms with Crippen LogP contribution in [0.5, 0.6) is 0 Å². The molecule has 19 heavy (non-hydrogen) atoms. The van der Waals surface area contributed by atoms with Gasteiger partial charge >= 0.3 is 5.97 Å². The van der Waals surface area contributed by atoms with E-state index in [1.165, 1.54) is 37.0 Å². The van der Waals surface area contributed by atoms with Gasteiger partial charge in [0.1, 0.15) is 0 Å². The van der Waals surface area contributed by atoms with Crippen LogP contribution < -0.4 is 4.90 Å². The fourth-order valence-electron chi connectivity index (χ4n) is 2.74. The average Bonchev–Trinajstić information content (AvgIpc) is 2.88. The molecule has 4 nitrogen and oxygen atoms in total. The first kappa shape index (κ1) is 14.3. The molecule has 1 heterocycles. The van der Waals surface area contributed by atoms with Crippen LogP contribution in [0.25, 0.3) is 0 Å². The number of esters is 1. The van der Waals surface area contributed by atoms with E-state index in [4.69, 9.17) is 4.74 Å². The van der Waals surface area contributed by atoms with E-state index in [1.54, 1.807) is 12.3 Å². The number of ether oxygens (including phenoxy) is 1. The van der Waals surface area contributed by atoms with Gasteiger partial charge in [-0.15, -0.1) is 11.3 Å². The van der Waals surface area contributed by atoms with Gasteiger partial charge in [-0.1, -0.05) is 19.8 Å². The first-order valence-corrected chi connectivity index (χ1v) is 7.87. The molecule has 0 spiro atoms. The zero-order valence-corrected chi connectivity index (χ0v) is 12.7. The van der Waals surface area contributed by atoms with E-state index in [9.17, 15) is 4.79 Å². The number of aromatic nitrogens is 1. The predicted molar refractivity (Wildman–Crippen MR) is 77.9 cm³/mol. The summed E-state index contributed by atoms with van der Waals surface area (Å²) in [5, 5.41) is 2.71. The molecule has 1 aromatic heterocycles. The van der Waals surface area contributed by atoms with Gasteiger partial charge < -0.3 is 9.64 Å². The minimum absolute atomic E-state index is 0.324. The van der Waals surface area contributed by atoms with E-state index >= 15 is 0 Å². The molecule has 0 aromatic carbocycles. The van der Waals surface area contributed by atoms with Crippen molar-refractivity contribution in [3.05, 3.63) is 11.1 Å². The summed E-state index contributed by atoms with van der Waals surface area (Å²) in [6.45, 7) is 4.50. The zero-order valence-electron chi connectivity index (χ0n) is 11.9. The van der Waals surface area contributed by atoms with Crippen molar-refractivity contribution in [2.24, 2.45) is 5.92 Å². The first-order chi connectivity index (χ1) is 9.13. The van der Waals surface area contributed by atoms with Crippen molar-refractivity contribution in [2.45, 2.75) is 45.6 Å². The number of anilines is 1. The summed E-state index contributed by atoms with van der Waals surface area (Å²) in [5.74, 6) is 0.365. The Bertz CT molecular complexity index is 433. The second kappa shape index (κ2) is 6.37. The highest BCUT2D eigenvalue weighted by Crippen LogP contribution is 2.31. The molecule has 0 amide bonds. The van der Waals surface area contributed by atoms with E-state index in [0.717, 1.165) is 5.13 Å². The van der Waals surface area contributed by atoms with Gasteiger partial charge in [-0.2, -0.15) is 0 Å². The Labute approximate surface area is 118 Å². The Balaban J connectivity index is 2.06. The molecule has 1 fully saturated rings. The average molecular weight is 282 g/mol. The molecule has 0 bridgehead atoms. The summed E-state index contributed by atoms with van der Waals surface area (Å²) in [6.07, 6.45) is 5.12. The highest BCUT2D eigenvalue weighted by molar-refractivity contribution is 7.13. The van der Waals surface area contributed by atoms with Gasteiger partial charge in [0.15, 0.2) is 10.8 Å². The fraction of sp³-hybridized carbons (Fsp3) is 0.714. The van der Waals surface area contributed by atoms with Crippen LogP contribution in [0.3, 0.4) is 0 Å². The van der Waals surface area contributed by atoms with Crippen LogP contribution in [-0.4, -0.2) is 30.6 Å². The second-order valence-corrected chi connectivity index (χ2v) is 6.01. The molecule has 1 aromatic rings. The molecule has 106 valence electrons. The molecule has 2 rings (SSSR count). The van der Waals surface area contributed by atoms with Gasteiger partial charge in [-0.25, -0.2) is 9.78 Å². The maximum Gasteiger partial charge on any atom is 0.357 e. The lowest BCUT2D eigenvalue weighted by Crippen LogP contribution is -2.39. The third-order valence-electron chi connectivity index (χ3n) is 3.84. The minimum atomic E-state index is -0.324. The number of carbonyl (C=O) groups is 1. The third-order valence-corrected chi connectivity index (χ3v) is 4.77. The van der Waals surface area contributed by atoms with Crippen LogP contribution in [0, 0.1) is 5.92 Å². The number of thiazole rings is 1. The summed E-state index contributed by atoms with van der Waals surface area (Å²) in [4.78, 5) is 18.3. The maximum atomic E-state index is 11.6. The molecule has 5 heteroatoms. The van der Waals surface area contributed by atoms with Gasteiger partial charge in [0.05, 0.1) is 6.61 Å². The Morgan fingerprint density at radius 2 is 2.26 bits per heavy atom. The van der Waals surface area contributed by atoms with Crippen molar-refractivity contribution in [1.29, 1.82) is 0 Å². The zero-order chi connectivity index (χ0) is 13.8. The van der Waals surface area contributed by atoms with Crippen LogP contribution in [0.1, 0.15) is 50.0 Å². The van der Waals surface area contributed by atoms with Crippen molar-refractivity contribution in [3.8, 4) is 0 Å². The Morgan fingerprint density at radius 3 is 2.95 bits per heavy atom. The third kappa shape index (κ3) is 3.26. The highest BCUT2D eigenvalue weighted by atomic mass is 32.1. The smallest absolute Gasteiger partial charge is 0.357 e. The summed E-state index contributed by atoms with van der Waals surface area (Å²) >= 11 is 1.52. The summed E-state index contributed by atoms with van der Waals surface area (Å²) in [7, 11) is 2.08. The number of rotatable bonds is 4. The van der Waals surface area contributed by atoms with Crippen LogP contribution in [0.15, 0.2) is 5.38 Å². The Hall–Kier alpha value is -1.10. The van der Waals surface area contributed by atoms with Crippen LogP contribution in [-0.2, 0) is 4.74 Å². The first-order valence-electron chi connectivity index (χ1n) is 6.99. The summed E-state index contributed by atoms with van der Waals surface area (Å²) < 4.78 is 4.97. The van der Waals surface area contributed by atoms with Crippen molar-refractivity contribution in [3.63, 3.8) is 0 Å². The molecule has 1 aliphatic carbocycles. The van der Waals surface area contributed by atoms with E-state index < -0.39 is 0 Å². The van der Waals surface area contributed by atoms with Gasteiger partial charge in [0.25, 0.3) is 0 Å². The minimum Gasteiger partial charge on any atom is -0.461 e. The number of hydrogen-bond donors (Lipinski definition) is 0. The van der Waals surface area contributed by atoms with Gasteiger partial charge in [-0.05, 0) is 25.7 Å². The van der Waals surface area contributed by atoms with Crippen LogP contribution in [0.2, 0.25) is 0 Å². The molecule has 0 saturated heterocycles. The lowest BCUT2D eigenvalue weighted by molar-refractivity contribution is 0.0520. The van der Waals surface area contributed by atoms with Crippen molar-refractivity contribution < 1.29 is 9.53 Å². The number of carbonyl (C=O) groups excluding carboxylic acids is 1. The largest absolute Gasteiger partial charge is 0.461 e. The Kier molecular flexibility index (Phi) is 4.80. The molecular weight excluding hydrogens is 260 g/mol. The summed E-state index contributed by atoms with van der Waals surface area (Å²) in [5.41, 5.74) is 0.428. The molecule has 0 N–H and O–H groups in total. The lowest BCUT2D eigenvalue weighted by Gasteiger charge is -2.36. The van der Waals surface area contributed by atoms with E-state index in [-0.39, 0.29) is 5.97 Å². The molecule has 2 atom stereocenters. The van der Waals surface area contributed by atoms with Crippen molar-refractivity contribution in [1.82, 2.24) is 4.98 Å². The van der Waals surface area contributed by atoms with Crippen molar-refractivity contribution >= 4 is 22.4 Å². The normalized spacial score (nSPS) is 23.1. The summed E-state index contributed by atoms with van der Waals surface area (Å²) in [6, 6.07) is 0.537. The highest BCUT2D eigenvalue weighted by Gasteiger charge is 2.27. The van der Waals surface area contributed by atoms with Crippen LogP contribution >= 0.6 is 11.3 Å². The SMILES string of the molecule is CCOC(=O)c1csc(N(C)C2CCCCC2C)n1. The molecule has 0 aliphatic heterocycles. The fourth-order valence-corrected chi connectivity index (χ4v) is 3.56. The second-order valence-electron chi connectivity index (χ2n) is 5.18. The topological polar surface area (TPSA) is 42.4 Å². The molecular formula is C14H22N2O2S. The van der Waals surface area contributed by atoms with Crippen molar-refractivity contribution in [2.75, 3.05) is 18.6 Å². The quantitative estimate of drug-likeness (QED) is 0.794. The Morgan fingerprint density at radius 1 is 1.53 bits per heavy atom. The van der Waals surface area contributed by atoms with Gasteiger partial charge in [-0.3, -0.25) is 0 Å². The van der Waals surface area contributed by atoms with Gasteiger partial charge in [0.2, 0.25) is 0 Å².